The quantitative estimate of drug-likeness (QED) is 0.679. The standard InChI is InChI=1S/C9H5BrF2N2/c1-4-13-8-3-7(12)6(11)2-5(8)9(10)14-4/h2-3H,1H3. The summed E-state index contributed by atoms with van der Waals surface area (Å²) in [6, 6.07) is 2.14. The van der Waals surface area contributed by atoms with Crippen LogP contribution in [0.2, 0.25) is 0 Å². The molecule has 1 aromatic heterocycles. The van der Waals surface area contributed by atoms with Gasteiger partial charge in [0.1, 0.15) is 10.4 Å². The van der Waals surface area contributed by atoms with Gasteiger partial charge in [-0.3, -0.25) is 0 Å². The van der Waals surface area contributed by atoms with E-state index in [9.17, 15) is 8.78 Å². The van der Waals surface area contributed by atoms with Gasteiger partial charge in [0.2, 0.25) is 0 Å². The molecule has 2 aromatic rings. The van der Waals surface area contributed by atoms with Crippen LogP contribution in [0, 0.1) is 18.6 Å². The van der Waals surface area contributed by atoms with E-state index in [0.29, 0.717) is 21.3 Å². The number of halogens is 3. The molecule has 2 nitrogen and oxygen atoms in total. The van der Waals surface area contributed by atoms with Gasteiger partial charge in [-0.05, 0) is 28.9 Å². The fourth-order valence-corrected chi connectivity index (χ4v) is 1.77. The Morgan fingerprint density at radius 2 is 1.79 bits per heavy atom. The van der Waals surface area contributed by atoms with Crippen LogP contribution in [-0.2, 0) is 0 Å². The first-order chi connectivity index (χ1) is 6.58. The van der Waals surface area contributed by atoms with Gasteiger partial charge in [-0.15, -0.1) is 0 Å². The van der Waals surface area contributed by atoms with Gasteiger partial charge in [0.15, 0.2) is 11.6 Å². The predicted molar refractivity (Wildman–Crippen MR) is 51.9 cm³/mol. The molecule has 0 aliphatic rings. The van der Waals surface area contributed by atoms with E-state index in [2.05, 4.69) is 25.9 Å². The van der Waals surface area contributed by atoms with E-state index in [1.807, 2.05) is 0 Å². The maximum atomic E-state index is 12.9. The van der Waals surface area contributed by atoms with Gasteiger partial charge < -0.3 is 0 Å². The summed E-state index contributed by atoms with van der Waals surface area (Å²) in [4.78, 5) is 7.98. The average Bonchev–Trinajstić information content (AvgIpc) is 2.08. The molecule has 0 atom stereocenters. The summed E-state index contributed by atoms with van der Waals surface area (Å²) in [6.45, 7) is 1.69. The van der Waals surface area contributed by atoms with Crippen molar-refractivity contribution in [2.75, 3.05) is 0 Å². The number of nitrogens with zero attached hydrogens (tertiary/aromatic N) is 2. The lowest BCUT2D eigenvalue weighted by molar-refractivity contribution is 0.510. The lowest BCUT2D eigenvalue weighted by Crippen LogP contribution is -1.93. The third-order valence-electron chi connectivity index (χ3n) is 1.80. The van der Waals surface area contributed by atoms with Gasteiger partial charge in [-0.1, -0.05) is 0 Å². The van der Waals surface area contributed by atoms with Gasteiger partial charge in [-0.25, -0.2) is 18.7 Å². The lowest BCUT2D eigenvalue weighted by atomic mass is 10.2. The van der Waals surface area contributed by atoms with E-state index in [4.69, 9.17) is 0 Å². The maximum absolute atomic E-state index is 12.9. The minimum absolute atomic E-state index is 0.392. The minimum atomic E-state index is -0.900. The first-order valence-electron chi connectivity index (χ1n) is 3.87. The smallest absolute Gasteiger partial charge is 0.161 e. The van der Waals surface area contributed by atoms with Crippen LogP contribution < -0.4 is 0 Å². The number of fused-ring (bicyclic) bond motifs is 1. The fraction of sp³-hybridized carbons (Fsp3) is 0.111. The van der Waals surface area contributed by atoms with Crippen LogP contribution in [0.15, 0.2) is 16.7 Å². The highest BCUT2D eigenvalue weighted by molar-refractivity contribution is 9.10. The summed E-state index contributed by atoms with van der Waals surface area (Å²) in [5, 5.41) is 0.467. The van der Waals surface area contributed by atoms with Gasteiger partial charge in [0, 0.05) is 11.5 Å². The third kappa shape index (κ3) is 1.48. The van der Waals surface area contributed by atoms with Gasteiger partial charge >= 0.3 is 0 Å². The van der Waals surface area contributed by atoms with Crippen molar-refractivity contribution in [3.05, 3.63) is 34.2 Å². The normalized spacial score (nSPS) is 10.9. The van der Waals surface area contributed by atoms with Crippen LogP contribution >= 0.6 is 15.9 Å². The van der Waals surface area contributed by atoms with Crippen molar-refractivity contribution in [2.45, 2.75) is 6.92 Å². The zero-order chi connectivity index (χ0) is 10.3. The van der Waals surface area contributed by atoms with Crippen molar-refractivity contribution >= 4 is 26.8 Å². The number of aromatic nitrogens is 2. The molecule has 72 valence electrons. The van der Waals surface area contributed by atoms with Crippen molar-refractivity contribution in [1.29, 1.82) is 0 Å². The summed E-state index contributed by atoms with van der Waals surface area (Å²) < 4.78 is 26.2. The Labute approximate surface area is 87.1 Å². The Balaban J connectivity index is 2.89. The van der Waals surface area contributed by atoms with E-state index < -0.39 is 11.6 Å². The topological polar surface area (TPSA) is 25.8 Å². The second-order valence-corrected chi connectivity index (χ2v) is 3.60. The zero-order valence-corrected chi connectivity index (χ0v) is 8.77. The predicted octanol–water partition coefficient (Wildman–Crippen LogP) is 2.98. The molecule has 1 heterocycles. The Morgan fingerprint density at radius 1 is 1.14 bits per heavy atom. The Bertz CT molecular complexity index is 514. The van der Waals surface area contributed by atoms with E-state index >= 15 is 0 Å². The molecule has 1 aromatic carbocycles. The molecule has 0 N–H and O–H groups in total. The number of hydrogen-bond acceptors (Lipinski definition) is 2. The largest absolute Gasteiger partial charge is 0.233 e. The van der Waals surface area contributed by atoms with Crippen molar-refractivity contribution in [2.24, 2.45) is 0 Å². The molecule has 0 radical (unpaired) electrons. The molecule has 0 saturated heterocycles. The molecule has 0 aliphatic carbocycles. The summed E-state index contributed by atoms with van der Waals surface area (Å²) in [5.41, 5.74) is 0.392. The van der Waals surface area contributed by atoms with Crippen molar-refractivity contribution in [3.8, 4) is 0 Å². The summed E-state index contributed by atoms with van der Waals surface area (Å²) in [5.74, 6) is -1.29. The minimum Gasteiger partial charge on any atom is -0.233 e. The Morgan fingerprint density at radius 3 is 2.50 bits per heavy atom. The molecule has 14 heavy (non-hydrogen) atoms. The summed E-state index contributed by atoms with van der Waals surface area (Å²) in [7, 11) is 0. The van der Waals surface area contributed by atoms with Crippen LogP contribution in [0.5, 0.6) is 0 Å². The molecule has 0 fully saturated rings. The Hall–Kier alpha value is -1.10. The molecule has 0 saturated carbocycles. The molecule has 5 heteroatoms. The highest BCUT2D eigenvalue weighted by atomic mass is 79.9. The average molecular weight is 259 g/mol. The molecule has 0 unspecified atom stereocenters. The van der Waals surface area contributed by atoms with E-state index in [0.717, 1.165) is 12.1 Å². The number of aryl methyl sites for hydroxylation is 1. The zero-order valence-electron chi connectivity index (χ0n) is 7.18. The van der Waals surface area contributed by atoms with Crippen molar-refractivity contribution in [3.63, 3.8) is 0 Å². The van der Waals surface area contributed by atoms with Crippen LogP contribution in [-0.4, -0.2) is 9.97 Å². The SMILES string of the molecule is Cc1nc(Br)c2cc(F)c(F)cc2n1. The number of rotatable bonds is 0. The van der Waals surface area contributed by atoms with Gasteiger partial charge in [0.25, 0.3) is 0 Å². The van der Waals surface area contributed by atoms with Crippen LogP contribution in [0.25, 0.3) is 10.9 Å². The van der Waals surface area contributed by atoms with Crippen LogP contribution in [0.4, 0.5) is 8.78 Å². The molecular formula is C9H5BrF2N2. The second kappa shape index (κ2) is 3.24. The molecule has 2 rings (SSSR count). The highest BCUT2D eigenvalue weighted by Crippen LogP contribution is 2.23. The molecule has 0 spiro atoms. The maximum Gasteiger partial charge on any atom is 0.161 e. The fourth-order valence-electron chi connectivity index (χ4n) is 1.20. The van der Waals surface area contributed by atoms with E-state index in [-0.39, 0.29) is 0 Å². The number of hydrogen-bond donors (Lipinski definition) is 0. The Kier molecular flexibility index (Phi) is 2.19. The third-order valence-corrected chi connectivity index (χ3v) is 2.41. The van der Waals surface area contributed by atoms with Gasteiger partial charge in [0.05, 0.1) is 5.52 Å². The first kappa shape index (κ1) is 9.45. The second-order valence-electron chi connectivity index (χ2n) is 2.85. The number of benzene rings is 1. The van der Waals surface area contributed by atoms with Crippen LogP contribution in [0.1, 0.15) is 5.82 Å². The molecule has 0 amide bonds. The van der Waals surface area contributed by atoms with Crippen molar-refractivity contribution in [1.82, 2.24) is 9.97 Å². The summed E-state index contributed by atoms with van der Waals surface area (Å²) in [6.07, 6.45) is 0. The summed E-state index contributed by atoms with van der Waals surface area (Å²) >= 11 is 3.17. The monoisotopic (exact) mass is 258 g/mol. The van der Waals surface area contributed by atoms with Crippen LogP contribution in [0.3, 0.4) is 0 Å². The molecule has 0 aliphatic heterocycles. The van der Waals surface area contributed by atoms with Crippen molar-refractivity contribution < 1.29 is 8.78 Å². The molecule has 0 bridgehead atoms. The first-order valence-corrected chi connectivity index (χ1v) is 4.66. The van der Waals surface area contributed by atoms with Gasteiger partial charge in [-0.2, -0.15) is 0 Å². The van der Waals surface area contributed by atoms with E-state index in [1.54, 1.807) is 6.92 Å². The highest BCUT2D eigenvalue weighted by Gasteiger charge is 2.08. The van der Waals surface area contributed by atoms with E-state index in [1.165, 1.54) is 0 Å². The molecular weight excluding hydrogens is 254 g/mol. The lowest BCUT2D eigenvalue weighted by Gasteiger charge is -2.01.